The summed E-state index contributed by atoms with van der Waals surface area (Å²) in [5, 5.41) is 0.00240. The zero-order chi connectivity index (χ0) is 26.0. The largest absolute Gasteiger partial charge is 0.495 e. The molecular weight excluding hydrogens is 488 g/mol. The number of para-hydroxylation sites is 1. The number of rotatable bonds is 7. The molecule has 0 aromatic heterocycles. The van der Waals surface area contributed by atoms with Crippen LogP contribution in [0, 0.1) is 6.08 Å². The predicted molar refractivity (Wildman–Crippen MR) is 141 cm³/mol. The molecular formula is C30H29O6S+. The Bertz CT molecular complexity index is 1300. The van der Waals surface area contributed by atoms with E-state index >= 15 is 0 Å². The smallest absolute Gasteiger partial charge is 0.344 e. The molecule has 1 atom stereocenters. The number of carbonyl (C=O) groups excluding carboxylic acids is 3. The summed E-state index contributed by atoms with van der Waals surface area (Å²) in [6.07, 6.45) is 12.2. The molecule has 5 rings (SSSR count). The van der Waals surface area contributed by atoms with Gasteiger partial charge in [0, 0.05) is 34.6 Å². The Morgan fingerprint density at radius 3 is 2.57 bits per heavy atom. The second-order valence-corrected chi connectivity index (χ2v) is 10.7. The van der Waals surface area contributed by atoms with E-state index < -0.39 is 24.1 Å². The molecule has 1 unspecified atom stereocenters. The normalized spacial score (nSPS) is 19.2. The van der Waals surface area contributed by atoms with Gasteiger partial charge in [-0.25, -0.2) is 14.4 Å². The molecule has 2 aromatic carbocycles. The number of hydrogen-bond donors (Lipinski definition) is 0. The molecule has 2 aliphatic carbocycles. The van der Waals surface area contributed by atoms with Crippen molar-refractivity contribution in [2.75, 3.05) is 13.7 Å². The molecule has 0 radical (unpaired) electrons. The van der Waals surface area contributed by atoms with Crippen molar-refractivity contribution in [3.05, 3.63) is 71.3 Å². The Kier molecular flexibility index (Phi) is 7.18. The second kappa shape index (κ2) is 10.5. The number of Topliss-reactive ketones (excluding diaryl/α,β-unsaturated/α-hetero) is 1. The van der Waals surface area contributed by atoms with Crippen molar-refractivity contribution in [2.45, 2.75) is 61.2 Å². The Morgan fingerprint density at radius 1 is 1.08 bits per heavy atom. The van der Waals surface area contributed by atoms with Crippen LogP contribution >= 0.6 is 11.8 Å². The lowest BCUT2D eigenvalue weighted by Crippen LogP contribution is -2.33. The number of esters is 2. The fourth-order valence-corrected chi connectivity index (χ4v) is 6.74. The lowest BCUT2D eigenvalue weighted by molar-refractivity contribution is -0.163. The van der Waals surface area contributed by atoms with Gasteiger partial charge in [0.15, 0.2) is 12.2 Å². The van der Waals surface area contributed by atoms with Crippen LogP contribution in [-0.2, 0) is 14.3 Å². The van der Waals surface area contributed by atoms with E-state index in [0.717, 1.165) is 49.0 Å². The van der Waals surface area contributed by atoms with Crippen molar-refractivity contribution in [3.8, 4) is 16.9 Å². The topological polar surface area (TPSA) is 78.9 Å². The monoisotopic (exact) mass is 517 g/mol. The van der Waals surface area contributed by atoms with Crippen LogP contribution in [-0.4, -0.2) is 42.3 Å². The molecule has 2 aromatic rings. The van der Waals surface area contributed by atoms with E-state index in [4.69, 9.17) is 14.2 Å². The maximum Gasteiger partial charge on any atom is 0.344 e. The van der Waals surface area contributed by atoms with Crippen LogP contribution in [0.2, 0.25) is 0 Å². The van der Waals surface area contributed by atoms with Gasteiger partial charge < -0.3 is 14.2 Å². The summed E-state index contributed by atoms with van der Waals surface area (Å²) in [7, 11) is 1.49. The van der Waals surface area contributed by atoms with E-state index in [1.54, 1.807) is 23.9 Å². The van der Waals surface area contributed by atoms with Crippen LogP contribution < -0.4 is 4.74 Å². The number of hydrogen-bond acceptors (Lipinski definition) is 7. The minimum Gasteiger partial charge on any atom is -0.495 e. The van der Waals surface area contributed by atoms with Crippen molar-refractivity contribution in [1.29, 1.82) is 0 Å². The van der Waals surface area contributed by atoms with Gasteiger partial charge in [-0.1, -0.05) is 31.2 Å². The summed E-state index contributed by atoms with van der Waals surface area (Å²) in [4.78, 5) is 39.5. The number of ketones is 1. The van der Waals surface area contributed by atoms with Gasteiger partial charge >= 0.3 is 11.9 Å². The summed E-state index contributed by atoms with van der Waals surface area (Å²) in [5.74, 6) is -0.899. The molecule has 6 nitrogen and oxygen atoms in total. The summed E-state index contributed by atoms with van der Waals surface area (Å²) in [6.45, 7) is 1.55. The lowest BCUT2D eigenvalue weighted by Gasteiger charge is -2.27. The molecule has 1 aliphatic heterocycles. The average Bonchev–Trinajstić information content (AvgIpc) is 3.40. The van der Waals surface area contributed by atoms with E-state index in [9.17, 15) is 14.4 Å². The van der Waals surface area contributed by atoms with Gasteiger partial charge in [-0.2, -0.15) is 0 Å². The number of benzene rings is 2. The standard InChI is InChI=1S/C30H29O6S/c1-3-30(16-6-7-17-30)36-25(31)18-35-29(33)23-14-8-11-19(27(23)34-2)20-12-9-13-22-26(32)21-10-4-5-15-24(21)37-28(20)22/h4-5,8-9,11-14,24H,3,6-7,15-18H2,1-2H3/q+1. The summed E-state index contributed by atoms with van der Waals surface area (Å²) in [6, 6.07) is 10.8. The summed E-state index contributed by atoms with van der Waals surface area (Å²) in [5.41, 5.74) is 2.56. The highest BCUT2D eigenvalue weighted by Gasteiger charge is 2.40. The van der Waals surface area contributed by atoms with Gasteiger partial charge in [0.2, 0.25) is 0 Å². The van der Waals surface area contributed by atoms with E-state index in [1.165, 1.54) is 7.11 Å². The third-order valence-corrected chi connectivity index (χ3v) is 8.72. The molecule has 190 valence electrons. The van der Waals surface area contributed by atoms with Gasteiger partial charge in [-0.15, -0.1) is 11.8 Å². The van der Waals surface area contributed by atoms with Gasteiger partial charge in [0.1, 0.15) is 16.9 Å². The first-order valence-electron chi connectivity index (χ1n) is 12.7. The zero-order valence-corrected chi connectivity index (χ0v) is 21.8. The van der Waals surface area contributed by atoms with E-state index in [-0.39, 0.29) is 16.6 Å². The highest BCUT2D eigenvalue weighted by Crippen LogP contribution is 2.47. The van der Waals surface area contributed by atoms with Crippen LogP contribution in [0.4, 0.5) is 0 Å². The Balaban J connectivity index is 1.40. The van der Waals surface area contributed by atoms with Gasteiger partial charge in [0.05, 0.1) is 24.0 Å². The molecule has 7 heteroatoms. The number of thioether (sulfide) groups is 1. The first-order valence-corrected chi connectivity index (χ1v) is 13.5. The van der Waals surface area contributed by atoms with Crippen LogP contribution in [0.5, 0.6) is 5.75 Å². The maximum absolute atomic E-state index is 13.2. The highest BCUT2D eigenvalue weighted by molar-refractivity contribution is 8.00. The van der Waals surface area contributed by atoms with Crippen molar-refractivity contribution in [2.24, 2.45) is 0 Å². The number of ether oxygens (including phenoxy) is 3. The third kappa shape index (κ3) is 4.81. The third-order valence-electron chi connectivity index (χ3n) is 7.33. The molecule has 0 spiro atoms. The first kappa shape index (κ1) is 25.2. The second-order valence-electron chi connectivity index (χ2n) is 9.49. The van der Waals surface area contributed by atoms with Crippen LogP contribution in [0.3, 0.4) is 0 Å². The Hall–Kier alpha value is -3.41. The summed E-state index contributed by atoms with van der Waals surface area (Å²) >= 11 is 1.63. The first-order chi connectivity index (χ1) is 18.0. The molecule has 0 saturated heterocycles. The molecule has 0 bridgehead atoms. The molecule has 37 heavy (non-hydrogen) atoms. The van der Waals surface area contributed by atoms with Crippen molar-refractivity contribution < 1.29 is 28.6 Å². The maximum atomic E-state index is 13.2. The van der Waals surface area contributed by atoms with Crippen LogP contribution in [0.1, 0.15) is 66.2 Å². The minimum absolute atomic E-state index is 0.00240. The van der Waals surface area contributed by atoms with Crippen LogP contribution in [0.15, 0.2) is 59.0 Å². The highest BCUT2D eigenvalue weighted by atomic mass is 32.2. The molecule has 1 saturated carbocycles. The Morgan fingerprint density at radius 2 is 1.81 bits per heavy atom. The molecule has 0 N–H and O–H groups in total. The van der Waals surface area contributed by atoms with E-state index in [0.29, 0.717) is 22.4 Å². The minimum atomic E-state index is -0.668. The molecule has 1 fully saturated rings. The molecule has 1 heterocycles. The fraction of sp³-hybridized carbons (Fsp3) is 0.367. The number of carbonyl (C=O) groups is 3. The average molecular weight is 518 g/mol. The predicted octanol–water partition coefficient (Wildman–Crippen LogP) is 6.13. The SMILES string of the molecule is CCC1(OC(=O)COC(=O)c2cccc(-c3cccc4c3SC3CC=C[C+]=C3C4=O)c2OC)CCCC1. The van der Waals surface area contributed by atoms with E-state index in [2.05, 4.69) is 6.08 Å². The molecule has 0 amide bonds. The number of fused-ring (bicyclic) bond motifs is 2. The molecule has 3 aliphatic rings. The number of allylic oxidation sites excluding steroid dienone is 3. The van der Waals surface area contributed by atoms with Gasteiger partial charge in [-0.3, -0.25) is 0 Å². The van der Waals surface area contributed by atoms with Gasteiger partial charge in [-0.05, 0) is 44.2 Å². The Labute approximate surface area is 221 Å². The van der Waals surface area contributed by atoms with Crippen molar-refractivity contribution in [1.82, 2.24) is 0 Å². The van der Waals surface area contributed by atoms with Crippen molar-refractivity contribution >= 4 is 29.5 Å². The lowest BCUT2D eigenvalue weighted by atomic mass is 9.92. The number of methoxy groups -OCH3 is 1. The van der Waals surface area contributed by atoms with Gasteiger partial charge in [0.25, 0.3) is 5.78 Å². The summed E-state index contributed by atoms with van der Waals surface area (Å²) < 4.78 is 16.7. The van der Waals surface area contributed by atoms with Crippen molar-refractivity contribution in [3.63, 3.8) is 0 Å². The van der Waals surface area contributed by atoms with Crippen LogP contribution in [0.25, 0.3) is 11.1 Å². The fourth-order valence-electron chi connectivity index (χ4n) is 5.36. The quantitative estimate of drug-likeness (QED) is 0.323. The van der Waals surface area contributed by atoms with E-state index in [1.807, 2.05) is 43.3 Å². The zero-order valence-electron chi connectivity index (χ0n) is 21.0.